The van der Waals surface area contributed by atoms with Gasteiger partial charge in [-0.3, -0.25) is 0 Å². The van der Waals surface area contributed by atoms with Gasteiger partial charge in [0.25, 0.3) is 0 Å². The van der Waals surface area contributed by atoms with Crippen molar-refractivity contribution in [1.29, 1.82) is 0 Å². The highest BCUT2D eigenvalue weighted by Gasteiger charge is 2.06. The minimum Gasteiger partial charge on any atom is -0.496 e. The fourth-order valence-corrected chi connectivity index (χ4v) is 1.36. The normalized spacial score (nSPS) is 10.0. The second-order valence-electron chi connectivity index (χ2n) is 3.07. The van der Waals surface area contributed by atoms with Crippen LogP contribution >= 0.6 is 0 Å². The Morgan fingerprint density at radius 3 is 2.50 bits per heavy atom. The minimum atomic E-state index is 0.462. The lowest BCUT2D eigenvalue weighted by Crippen LogP contribution is -2.02. The van der Waals surface area contributed by atoms with E-state index in [0.29, 0.717) is 13.2 Å². The van der Waals surface area contributed by atoms with E-state index in [2.05, 4.69) is 0 Å². The Kier molecular flexibility index (Phi) is 3.77. The molecule has 0 heterocycles. The Hall–Kier alpha value is -1.22. The number of nitrogens with two attached hydrogens (primary N) is 1. The van der Waals surface area contributed by atoms with E-state index in [1.54, 1.807) is 7.11 Å². The first-order chi connectivity index (χ1) is 6.72. The third kappa shape index (κ3) is 2.17. The van der Waals surface area contributed by atoms with Crippen LogP contribution in [0.5, 0.6) is 11.5 Å². The van der Waals surface area contributed by atoms with Gasteiger partial charge < -0.3 is 15.2 Å². The van der Waals surface area contributed by atoms with E-state index in [1.807, 2.05) is 26.0 Å². The van der Waals surface area contributed by atoms with Crippen molar-refractivity contribution in [1.82, 2.24) is 0 Å². The van der Waals surface area contributed by atoms with E-state index >= 15 is 0 Å². The summed E-state index contributed by atoms with van der Waals surface area (Å²) in [5.74, 6) is 1.71. The molecule has 3 heteroatoms. The van der Waals surface area contributed by atoms with Gasteiger partial charge in [0.05, 0.1) is 13.7 Å². The second kappa shape index (κ2) is 4.86. The maximum absolute atomic E-state index is 5.61. The highest BCUT2D eigenvalue weighted by molar-refractivity contribution is 5.45. The van der Waals surface area contributed by atoms with Gasteiger partial charge >= 0.3 is 0 Å². The summed E-state index contributed by atoms with van der Waals surface area (Å²) in [7, 11) is 1.65. The topological polar surface area (TPSA) is 44.5 Å². The van der Waals surface area contributed by atoms with E-state index in [9.17, 15) is 0 Å². The molecule has 0 aliphatic heterocycles. The average molecular weight is 195 g/mol. The molecule has 0 unspecified atom stereocenters. The smallest absolute Gasteiger partial charge is 0.123 e. The van der Waals surface area contributed by atoms with Crippen molar-refractivity contribution in [2.24, 2.45) is 5.73 Å². The molecule has 1 rings (SSSR count). The molecule has 0 aliphatic carbocycles. The number of benzene rings is 1. The van der Waals surface area contributed by atoms with Crippen LogP contribution in [0, 0.1) is 6.92 Å². The van der Waals surface area contributed by atoms with Crippen LogP contribution in [0.2, 0.25) is 0 Å². The van der Waals surface area contributed by atoms with Crippen LogP contribution in [0.15, 0.2) is 12.1 Å². The Bertz CT molecular complexity index is 310. The number of methoxy groups -OCH3 is 1. The van der Waals surface area contributed by atoms with Crippen LogP contribution in [-0.2, 0) is 6.54 Å². The van der Waals surface area contributed by atoms with Crippen LogP contribution in [0.25, 0.3) is 0 Å². The quantitative estimate of drug-likeness (QED) is 0.797. The van der Waals surface area contributed by atoms with Gasteiger partial charge in [-0.2, -0.15) is 0 Å². The van der Waals surface area contributed by atoms with E-state index in [0.717, 1.165) is 22.6 Å². The Labute approximate surface area is 84.8 Å². The van der Waals surface area contributed by atoms with E-state index in [-0.39, 0.29) is 0 Å². The zero-order valence-corrected chi connectivity index (χ0v) is 8.96. The van der Waals surface area contributed by atoms with Crippen molar-refractivity contribution < 1.29 is 9.47 Å². The van der Waals surface area contributed by atoms with Crippen molar-refractivity contribution in [2.75, 3.05) is 13.7 Å². The molecule has 0 spiro atoms. The van der Waals surface area contributed by atoms with E-state index in [4.69, 9.17) is 15.2 Å². The molecule has 0 bridgehead atoms. The molecule has 0 aliphatic rings. The zero-order chi connectivity index (χ0) is 10.6. The molecule has 1 aromatic carbocycles. The molecule has 0 aromatic heterocycles. The highest BCUT2D eigenvalue weighted by atomic mass is 16.5. The number of aryl methyl sites for hydroxylation is 1. The highest BCUT2D eigenvalue weighted by Crippen LogP contribution is 2.27. The first kappa shape index (κ1) is 10.9. The lowest BCUT2D eigenvalue weighted by atomic mass is 10.1. The maximum atomic E-state index is 5.61. The van der Waals surface area contributed by atoms with Crippen LogP contribution in [-0.4, -0.2) is 13.7 Å². The lowest BCUT2D eigenvalue weighted by molar-refractivity contribution is 0.335. The standard InChI is InChI=1S/C11H17NO2/c1-4-14-10-6-9(7-12)11(13-3)5-8(10)2/h5-6H,4,7,12H2,1-3H3. The van der Waals surface area contributed by atoms with Crippen LogP contribution in [0.1, 0.15) is 18.1 Å². The fraction of sp³-hybridized carbons (Fsp3) is 0.455. The Morgan fingerprint density at radius 1 is 1.29 bits per heavy atom. The molecule has 14 heavy (non-hydrogen) atoms. The molecular weight excluding hydrogens is 178 g/mol. The maximum Gasteiger partial charge on any atom is 0.123 e. The number of ether oxygens (including phenoxy) is 2. The summed E-state index contributed by atoms with van der Waals surface area (Å²) in [5, 5.41) is 0. The molecule has 1 aromatic rings. The summed E-state index contributed by atoms with van der Waals surface area (Å²) in [6.07, 6.45) is 0. The third-order valence-electron chi connectivity index (χ3n) is 2.10. The van der Waals surface area contributed by atoms with Crippen molar-refractivity contribution in [3.63, 3.8) is 0 Å². The average Bonchev–Trinajstić information content (AvgIpc) is 2.20. The first-order valence-corrected chi connectivity index (χ1v) is 4.73. The van der Waals surface area contributed by atoms with E-state index < -0.39 is 0 Å². The van der Waals surface area contributed by atoms with Gasteiger partial charge in [-0.25, -0.2) is 0 Å². The van der Waals surface area contributed by atoms with Crippen LogP contribution in [0.4, 0.5) is 0 Å². The first-order valence-electron chi connectivity index (χ1n) is 4.73. The number of hydrogen-bond donors (Lipinski definition) is 1. The molecule has 0 amide bonds. The van der Waals surface area contributed by atoms with Gasteiger partial charge in [0.1, 0.15) is 11.5 Å². The number of rotatable bonds is 4. The molecule has 3 nitrogen and oxygen atoms in total. The van der Waals surface area contributed by atoms with Gasteiger partial charge in [0.2, 0.25) is 0 Å². The van der Waals surface area contributed by atoms with Gasteiger partial charge in [-0.15, -0.1) is 0 Å². The Balaban J connectivity index is 3.09. The molecule has 2 N–H and O–H groups in total. The second-order valence-corrected chi connectivity index (χ2v) is 3.07. The molecule has 78 valence electrons. The number of hydrogen-bond acceptors (Lipinski definition) is 3. The van der Waals surface area contributed by atoms with E-state index in [1.165, 1.54) is 0 Å². The largest absolute Gasteiger partial charge is 0.496 e. The van der Waals surface area contributed by atoms with Gasteiger partial charge in [0.15, 0.2) is 0 Å². The molecular formula is C11H17NO2. The fourth-order valence-electron chi connectivity index (χ4n) is 1.36. The summed E-state index contributed by atoms with van der Waals surface area (Å²) in [4.78, 5) is 0. The van der Waals surface area contributed by atoms with Crippen molar-refractivity contribution in [3.8, 4) is 11.5 Å². The molecule has 0 atom stereocenters. The predicted octanol–water partition coefficient (Wildman–Crippen LogP) is 1.86. The third-order valence-corrected chi connectivity index (χ3v) is 2.10. The molecule has 0 saturated heterocycles. The summed E-state index contributed by atoms with van der Waals surface area (Å²) in [6, 6.07) is 3.89. The Morgan fingerprint density at radius 2 is 2.00 bits per heavy atom. The molecule has 0 fully saturated rings. The molecule has 0 saturated carbocycles. The van der Waals surface area contributed by atoms with Crippen LogP contribution < -0.4 is 15.2 Å². The van der Waals surface area contributed by atoms with Crippen molar-refractivity contribution >= 4 is 0 Å². The van der Waals surface area contributed by atoms with Gasteiger partial charge in [-0.05, 0) is 31.5 Å². The van der Waals surface area contributed by atoms with Crippen LogP contribution in [0.3, 0.4) is 0 Å². The summed E-state index contributed by atoms with van der Waals surface area (Å²) < 4.78 is 10.7. The summed E-state index contributed by atoms with van der Waals surface area (Å²) >= 11 is 0. The lowest BCUT2D eigenvalue weighted by Gasteiger charge is -2.12. The zero-order valence-electron chi connectivity index (χ0n) is 8.96. The van der Waals surface area contributed by atoms with Gasteiger partial charge in [-0.1, -0.05) is 0 Å². The summed E-state index contributed by atoms with van der Waals surface area (Å²) in [6.45, 7) is 5.08. The predicted molar refractivity (Wildman–Crippen MR) is 56.8 cm³/mol. The van der Waals surface area contributed by atoms with Crippen molar-refractivity contribution in [3.05, 3.63) is 23.3 Å². The monoisotopic (exact) mass is 195 g/mol. The minimum absolute atomic E-state index is 0.462. The SMILES string of the molecule is CCOc1cc(CN)c(OC)cc1C. The summed E-state index contributed by atoms with van der Waals surface area (Å²) in [5.41, 5.74) is 7.65. The molecule has 0 radical (unpaired) electrons. The van der Waals surface area contributed by atoms with Crippen molar-refractivity contribution in [2.45, 2.75) is 20.4 Å². The van der Waals surface area contributed by atoms with Gasteiger partial charge in [0, 0.05) is 12.1 Å².